The van der Waals surface area contributed by atoms with Gasteiger partial charge in [0.25, 0.3) is 0 Å². The molecule has 26 heavy (non-hydrogen) atoms. The lowest BCUT2D eigenvalue weighted by molar-refractivity contribution is 0.0322. The lowest BCUT2D eigenvalue weighted by Gasteiger charge is -2.26. The molecule has 1 aliphatic rings. The number of morpholine rings is 1. The van der Waals surface area contributed by atoms with Crippen LogP contribution in [0.5, 0.6) is 5.75 Å². The third kappa shape index (κ3) is 3.72. The van der Waals surface area contributed by atoms with Crippen molar-refractivity contribution >= 4 is 11.0 Å². The van der Waals surface area contributed by atoms with Crippen LogP contribution in [0.25, 0.3) is 16.7 Å². The van der Waals surface area contributed by atoms with Gasteiger partial charge in [-0.3, -0.25) is 9.47 Å². The quantitative estimate of drug-likeness (QED) is 0.736. The molecule has 1 aromatic heterocycles. The van der Waals surface area contributed by atoms with Gasteiger partial charge in [-0.15, -0.1) is 0 Å². The van der Waals surface area contributed by atoms with Crippen molar-refractivity contribution in [2.45, 2.75) is 6.61 Å². The fraction of sp³-hybridized carbons (Fsp3) is 0.350. The number of aromatic nitrogens is 2. The van der Waals surface area contributed by atoms with E-state index in [2.05, 4.69) is 9.88 Å². The predicted octanol–water partition coefficient (Wildman–Crippen LogP) is 2.23. The summed E-state index contributed by atoms with van der Waals surface area (Å²) in [6, 6.07) is 13.8. The first-order chi connectivity index (χ1) is 12.8. The van der Waals surface area contributed by atoms with E-state index in [9.17, 15) is 5.11 Å². The van der Waals surface area contributed by atoms with Crippen LogP contribution < -0.4 is 4.74 Å². The summed E-state index contributed by atoms with van der Waals surface area (Å²) < 4.78 is 13.2. The molecule has 2 heterocycles. The number of fused-ring (bicyclic) bond motifs is 1. The highest BCUT2D eigenvalue weighted by Crippen LogP contribution is 2.21. The molecule has 0 spiro atoms. The number of hydrogen-bond donors (Lipinski definition) is 1. The highest BCUT2D eigenvalue weighted by Gasteiger charge is 2.10. The summed E-state index contributed by atoms with van der Waals surface area (Å²) in [7, 11) is 0. The van der Waals surface area contributed by atoms with E-state index in [0.29, 0.717) is 6.61 Å². The molecule has 4 rings (SSSR count). The number of nitrogens with zero attached hydrogens (tertiary/aromatic N) is 3. The van der Waals surface area contributed by atoms with Gasteiger partial charge in [0.15, 0.2) is 0 Å². The monoisotopic (exact) mass is 353 g/mol. The topological polar surface area (TPSA) is 59.8 Å². The zero-order valence-electron chi connectivity index (χ0n) is 14.7. The molecule has 6 nitrogen and oxygen atoms in total. The Balaban J connectivity index is 1.42. The lowest BCUT2D eigenvalue weighted by atomic mass is 10.2. The van der Waals surface area contributed by atoms with E-state index in [1.165, 1.54) is 0 Å². The first kappa shape index (κ1) is 17.0. The highest BCUT2D eigenvalue weighted by atomic mass is 16.5. The van der Waals surface area contributed by atoms with E-state index in [1.807, 2.05) is 47.0 Å². The second-order valence-electron chi connectivity index (χ2n) is 6.39. The number of imidazole rings is 1. The Morgan fingerprint density at radius 3 is 2.65 bits per heavy atom. The van der Waals surface area contributed by atoms with Crippen molar-refractivity contribution in [3.05, 3.63) is 54.4 Å². The molecule has 0 amide bonds. The summed E-state index contributed by atoms with van der Waals surface area (Å²) in [6.45, 7) is 5.19. The van der Waals surface area contributed by atoms with Gasteiger partial charge in [-0.2, -0.15) is 0 Å². The molecule has 0 bridgehead atoms. The van der Waals surface area contributed by atoms with Crippen LogP contribution in [0.15, 0.2) is 48.8 Å². The standard InChI is InChI=1S/C20H23N3O3/c24-14-16-1-6-19-20(13-16)23(15-21-19)17-2-4-18(5-3-17)26-12-9-22-7-10-25-11-8-22/h1-6,13,15,24H,7-12,14H2. The van der Waals surface area contributed by atoms with E-state index >= 15 is 0 Å². The molecule has 1 saturated heterocycles. The van der Waals surface area contributed by atoms with Crippen LogP contribution in [0.2, 0.25) is 0 Å². The molecule has 1 N–H and O–H groups in total. The number of rotatable bonds is 6. The summed E-state index contributed by atoms with van der Waals surface area (Å²) in [4.78, 5) is 6.78. The van der Waals surface area contributed by atoms with Crippen molar-refractivity contribution in [2.24, 2.45) is 0 Å². The molecule has 0 saturated carbocycles. The van der Waals surface area contributed by atoms with Crippen molar-refractivity contribution in [1.82, 2.24) is 14.5 Å². The Hall–Kier alpha value is -2.41. The molecule has 6 heteroatoms. The normalized spacial score (nSPS) is 15.4. The minimum absolute atomic E-state index is 0.0248. The van der Waals surface area contributed by atoms with Gasteiger partial charge >= 0.3 is 0 Å². The predicted molar refractivity (Wildman–Crippen MR) is 99.7 cm³/mol. The molecule has 1 fully saturated rings. The average molecular weight is 353 g/mol. The van der Waals surface area contributed by atoms with E-state index in [1.54, 1.807) is 6.33 Å². The first-order valence-corrected chi connectivity index (χ1v) is 8.94. The Morgan fingerprint density at radius 1 is 1.08 bits per heavy atom. The van der Waals surface area contributed by atoms with Crippen LogP contribution in [0.3, 0.4) is 0 Å². The summed E-state index contributed by atoms with van der Waals surface area (Å²) in [5.41, 5.74) is 3.79. The van der Waals surface area contributed by atoms with Gasteiger partial charge in [0.1, 0.15) is 18.7 Å². The molecule has 0 atom stereocenters. The minimum atomic E-state index is 0.0248. The van der Waals surface area contributed by atoms with Gasteiger partial charge in [0.05, 0.1) is 30.9 Å². The van der Waals surface area contributed by atoms with E-state index in [4.69, 9.17) is 9.47 Å². The summed E-state index contributed by atoms with van der Waals surface area (Å²) in [5.74, 6) is 0.863. The first-order valence-electron chi connectivity index (χ1n) is 8.94. The van der Waals surface area contributed by atoms with Gasteiger partial charge in [-0.25, -0.2) is 4.98 Å². The van der Waals surface area contributed by atoms with Gasteiger partial charge in [0.2, 0.25) is 0 Å². The maximum atomic E-state index is 9.35. The Bertz CT molecular complexity index is 854. The van der Waals surface area contributed by atoms with Crippen LogP contribution in [-0.2, 0) is 11.3 Å². The number of ether oxygens (including phenoxy) is 2. The SMILES string of the molecule is OCc1ccc2ncn(-c3ccc(OCCN4CCOCC4)cc3)c2c1. The van der Waals surface area contributed by atoms with Gasteiger partial charge < -0.3 is 14.6 Å². The second-order valence-corrected chi connectivity index (χ2v) is 6.39. The maximum absolute atomic E-state index is 9.35. The van der Waals surface area contributed by atoms with Gasteiger partial charge in [0, 0.05) is 25.3 Å². The molecule has 0 radical (unpaired) electrons. The maximum Gasteiger partial charge on any atom is 0.119 e. The van der Waals surface area contributed by atoms with Crippen molar-refractivity contribution in [3.8, 4) is 11.4 Å². The molecular weight excluding hydrogens is 330 g/mol. The van der Waals surface area contributed by atoms with Crippen molar-refractivity contribution < 1.29 is 14.6 Å². The van der Waals surface area contributed by atoms with E-state index in [0.717, 1.165) is 60.9 Å². The summed E-state index contributed by atoms with van der Waals surface area (Å²) >= 11 is 0. The number of hydrogen-bond acceptors (Lipinski definition) is 5. The number of aliphatic hydroxyl groups is 1. The molecule has 0 unspecified atom stereocenters. The molecule has 136 valence electrons. The molecule has 1 aliphatic heterocycles. The van der Waals surface area contributed by atoms with Crippen molar-refractivity contribution in [3.63, 3.8) is 0 Å². The summed E-state index contributed by atoms with van der Waals surface area (Å²) in [6.07, 6.45) is 1.81. The molecule has 3 aromatic rings. The Morgan fingerprint density at radius 2 is 1.88 bits per heavy atom. The second kappa shape index (κ2) is 7.86. The largest absolute Gasteiger partial charge is 0.492 e. The van der Waals surface area contributed by atoms with Crippen molar-refractivity contribution in [1.29, 1.82) is 0 Å². The third-order valence-corrected chi connectivity index (χ3v) is 4.69. The minimum Gasteiger partial charge on any atom is -0.492 e. The smallest absolute Gasteiger partial charge is 0.119 e. The average Bonchev–Trinajstić information content (AvgIpc) is 3.12. The zero-order valence-corrected chi connectivity index (χ0v) is 14.7. The third-order valence-electron chi connectivity index (χ3n) is 4.69. The van der Waals surface area contributed by atoms with Crippen LogP contribution in [0.1, 0.15) is 5.56 Å². The van der Waals surface area contributed by atoms with Gasteiger partial charge in [-0.1, -0.05) is 6.07 Å². The lowest BCUT2D eigenvalue weighted by Crippen LogP contribution is -2.38. The van der Waals surface area contributed by atoms with E-state index in [-0.39, 0.29) is 6.61 Å². The molecule has 0 aliphatic carbocycles. The molecular formula is C20H23N3O3. The van der Waals surface area contributed by atoms with Crippen LogP contribution in [-0.4, -0.2) is 59.0 Å². The van der Waals surface area contributed by atoms with Gasteiger partial charge in [-0.05, 0) is 42.0 Å². The summed E-state index contributed by atoms with van der Waals surface area (Å²) in [5, 5.41) is 9.35. The highest BCUT2D eigenvalue weighted by molar-refractivity contribution is 5.78. The van der Waals surface area contributed by atoms with Crippen LogP contribution in [0.4, 0.5) is 0 Å². The van der Waals surface area contributed by atoms with E-state index < -0.39 is 0 Å². The number of aliphatic hydroxyl groups excluding tert-OH is 1. The van der Waals surface area contributed by atoms with Crippen LogP contribution >= 0.6 is 0 Å². The molecule has 2 aromatic carbocycles. The Labute approximate surface area is 152 Å². The fourth-order valence-electron chi connectivity index (χ4n) is 3.18. The van der Waals surface area contributed by atoms with Crippen LogP contribution in [0, 0.1) is 0 Å². The fourth-order valence-corrected chi connectivity index (χ4v) is 3.18. The Kier molecular flexibility index (Phi) is 5.15. The number of benzene rings is 2. The van der Waals surface area contributed by atoms with Crippen molar-refractivity contribution in [2.75, 3.05) is 39.5 Å². The zero-order chi connectivity index (χ0) is 17.8.